The monoisotopic (exact) mass is 363 g/mol. The standard InChI is InChI=1S/C17H12F3N3OS/c18-17(19,20)12-5-3-4-11(8-12)15(24)14-10-23-16(25-14)22-9-13-6-1-2-7-21-13/h1-8,10H,9H2,(H,22,23). The fourth-order valence-corrected chi connectivity index (χ4v) is 2.88. The second-order valence-corrected chi connectivity index (χ2v) is 6.14. The molecular formula is C17H12F3N3OS. The minimum atomic E-state index is -4.49. The summed E-state index contributed by atoms with van der Waals surface area (Å²) in [5, 5.41) is 3.54. The number of aromatic nitrogens is 2. The minimum Gasteiger partial charge on any atom is -0.356 e. The molecule has 0 aliphatic rings. The van der Waals surface area contributed by atoms with Gasteiger partial charge >= 0.3 is 6.18 Å². The van der Waals surface area contributed by atoms with Gasteiger partial charge in [-0.1, -0.05) is 29.5 Å². The van der Waals surface area contributed by atoms with E-state index in [1.54, 1.807) is 12.3 Å². The van der Waals surface area contributed by atoms with E-state index in [0.717, 1.165) is 29.2 Å². The van der Waals surface area contributed by atoms with Crippen LogP contribution in [0, 0.1) is 0 Å². The molecule has 8 heteroatoms. The van der Waals surface area contributed by atoms with Gasteiger partial charge in [0.2, 0.25) is 5.78 Å². The van der Waals surface area contributed by atoms with Crippen molar-refractivity contribution in [1.82, 2.24) is 9.97 Å². The molecule has 4 nitrogen and oxygen atoms in total. The van der Waals surface area contributed by atoms with Crippen molar-refractivity contribution in [3.05, 3.63) is 76.6 Å². The molecule has 0 aliphatic carbocycles. The molecule has 25 heavy (non-hydrogen) atoms. The molecule has 0 spiro atoms. The SMILES string of the molecule is O=C(c1cccc(C(F)(F)F)c1)c1cnc(NCc2ccccn2)s1. The number of nitrogens with one attached hydrogen (secondary N) is 1. The third kappa shape index (κ3) is 4.21. The summed E-state index contributed by atoms with van der Waals surface area (Å²) < 4.78 is 38.3. The molecule has 1 aromatic carbocycles. The van der Waals surface area contributed by atoms with Crippen LogP contribution in [0.2, 0.25) is 0 Å². The van der Waals surface area contributed by atoms with Crippen molar-refractivity contribution in [2.75, 3.05) is 5.32 Å². The van der Waals surface area contributed by atoms with Gasteiger partial charge in [-0.3, -0.25) is 9.78 Å². The van der Waals surface area contributed by atoms with Crippen molar-refractivity contribution in [3.63, 3.8) is 0 Å². The first-order valence-electron chi connectivity index (χ1n) is 7.25. The summed E-state index contributed by atoms with van der Waals surface area (Å²) in [4.78, 5) is 20.9. The predicted molar refractivity (Wildman–Crippen MR) is 88.6 cm³/mol. The number of carbonyl (C=O) groups excluding carboxylic acids is 1. The minimum absolute atomic E-state index is 0.0187. The highest BCUT2D eigenvalue weighted by Gasteiger charge is 2.31. The molecule has 0 atom stereocenters. The highest BCUT2D eigenvalue weighted by molar-refractivity contribution is 7.17. The Balaban J connectivity index is 1.72. The quantitative estimate of drug-likeness (QED) is 0.683. The van der Waals surface area contributed by atoms with Gasteiger partial charge in [0.25, 0.3) is 0 Å². The zero-order valence-electron chi connectivity index (χ0n) is 12.7. The zero-order valence-corrected chi connectivity index (χ0v) is 13.6. The number of thiazole rings is 1. The van der Waals surface area contributed by atoms with Gasteiger partial charge in [-0.25, -0.2) is 4.98 Å². The average molecular weight is 363 g/mol. The Morgan fingerprint density at radius 1 is 1.12 bits per heavy atom. The third-order valence-corrected chi connectivity index (χ3v) is 4.28. The molecular weight excluding hydrogens is 351 g/mol. The van der Waals surface area contributed by atoms with Crippen LogP contribution in [-0.2, 0) is 12.7 Å². The maximum absolute atomic E-state index is 12.8. The molecule has 0 radical (unpaired) electrons. The average Bonchev–Trinajstić information content (AvgIpc) is 3.08. The van der Waals surface area contributed by atoms with Crippen LogP contribution in [0.15, 0.2) is 54.9 Å². The number of carbonyl (C=O) groups is 1. The van der Waals surface area contributed by atoms with E-state index in [1.807, 2.05) is 12.1 Å². The lowest BCUT2D eigenvalue weighted by Crippen LogP contribution is -2.07. The van der Waals surface area contributed by atoms with Crippen LogP contribution in [0.4, 0.5) is 18.3 Å². The summed E-state index contributed by atoms with van der Waals surface area (Å²) in [5.74, 6) is -0.491. The van der Waals surface area contributed by atoms with Crippen molar-refractivity contribution >= 4 is 22.3 Å². The molecule has 0 unspecified atom stereocenters. The van der Waals surface area contributed by atoms with Crippen LogP contribution in [0.1, 0.15) is 26.5 Å². The fourth-order valence-electron chi connectivity index (χ4n) is 2.11. The smallest absolute Gasteiger partial charge is 0.356 e. The van der Waals surface area contributed by atoms with Crippen LogP contribution in [0.25, 0.3) is 0 Å². The Hall–Kier alpha value is -2.74. The number of nitrogens with zero attached hydrogens (tertiary/aromatic N) is 2. The second-order valence-electron chi connectivity index (χ2n) is 5.11. The molecule has 0 fully saturated rings. The van der Waals surface area contributed by atoms with Crippen molar-refractivity contribution in [2.45, 2.75) is 12.7 Å². The number of benzene rings is 1. The summed E-state index contributed by atoms with van der Waals surface area (Å²) >= 11 is 1.09. The van der Waals surface area contributed by atoms with Gasteiger partial charge in [0, 0.05) is 11.8 Å². The van der Waals surface area contributed by atoms with Crippen molar-refractivity contribution < 1.29 is 18.0 Å². The number of hydrogen-bond donors (Lipinski definition) is 1. The molecule has 128 valence electrons. The summed E-state index contributed by atoms with van der Waals surface area (Å²) in [6.45, 7) is 0.436. The Labute approximate surface area is 145 Å². The number of anilines is 1. The van der Waals surface area contributed by atoms with Gasteiger partial charge in [0.1, 0.15) is 0 Å². The number of hydrogen-bond acceptors (Lipinski definition) is 5. The third-order valence-electron chi connectivity index (χ3n) is 3.33. The number of pyridine rings is 1. The molecule has 2 aromatic heterocycles. The maximum atomic E-state index is 12.8. The van der Waals surface area contributed by atoms with Crippen LogP contribution in [0.5, 0.6) is 0 Å². The summed E-state index contributed by atoms with van der Waals surface area (Å²) in [6.07, 6.45) is -1.46. The molecule has 0 amide bonds. The van der Waals surface area contributed by atoms with E-state index >= 15 is 0 Å². The molecule has 2 heterocycles. The van der Waals surface area contributed by atoms with Crippen LogP contribution >= 0.6 is 11.3 Å². The van der Waals surface area contributed by atoms with Gasteiger partial charge in [-0.2, -0.15) is 13.2 Å². The van der Waals surface area contributed by atoms with Crippen LogP contribution < -0.4 is 5.32 Å². The Morgan fingerprint density at radius 2 is 1.96 bits per heavy atom. The van der Waals surface area contributed by atoms with E-state index in [0.29, 0.717) is 11.7 Å². The highest BCUT2D eigenvalue weighted by atomic mass is 32.1. The number of ketones is 1. The van der Waals surface area contributed by atoms with E-state index < -0.39 is 17.5 Å². The first-order valence-corrected chi connectivity index (χ1v) is 8.07. The molecule has 0 bridgehead atoms. The Kier molecular flexibility index (Phi) is 4.80. The number of alkyl halides is 3. The molecule has 3 rings (SSSR count). The molecule has 0 aliphatic heterocycles. The largest absolute Gasteiger partial charge is 0.416 e. The topological polar surface area (TPSA) is 54.9 Å². The van der Waals surface area contributed by atoms with Crippen molar-refractivity contribution in [3.8, 4) is 0 Å². The Bertz CT molecular complexity index is 878. The van der Waals surface area contributed by atoms with Crippen LogP contribution in [0.3, 0.4) is 0 Å². The van der Waals surface area contributed by atoms with Gasteiger partial charge in [-0.15, -0.1) is 0 Å². The van der Waals surface area contributed by atoms with Gasteiger partial charge < -0.3 is 5.32 Å². The van der Waals surface area contributed by atoms with Crippen molar-refractivity contribution in [2.24, 2.45) is 0 Å². The molecule has 0 saturated heterocycles. The molecule has 0 saturated carbocycles. The van der Waals surface area contributed by atoms with Gasteiger partial charge in [0.05, 0.1) is 28.9 Å². The molecule has 3 aromatic rings. The van der Waals surface area contributed by atoms with Gasteiger partial charge in [-0.05, 0) is 24.3 Å². The predicted octanol–water partition coefficient (Wildman–Crippen LogP) is 4.40. The maximum Gasteiger partial charge on any atom is 0.416 e. The lowest BCUT2D eigenvalue weighted by molar-refractivity contribution is -0.137. The van der Waals surface area contributed by atoms with Crippen molar-refractivity contribution in [1.29, 1.82) is 0 Å². The van der Waals surface area contributed by atoms with E-state index in [1.165, 1.54) is 18.3 Å². The summed E-state index contributed by atoms with van der Waals surface area (Å²) in [6, 6.07) is 9.87. The number of rotatable bonds is 5. The van der Waals surface area contributed by atoms with Gasteiger partial charge in [0.15, 0.2) is 5.13 Å². The zero-order chi connectivity index (χ0) is 17.9. The highest BCUT2D eigenvalue weighted by Crippen LogP contribution is 2.30. The summed E-state index contributed by atoms with van der Waals surface area (Å²) in [7, 11) is 0. The summed E-state index contributed by atoms with van der Waals surface area (Å²) in [5.41, 5.74) is -0.0606. The normalized spacial score (nSPS) is 11.3. The number of halogens is 3. The van der Waals surface area contributed by atoms with E-state index in [4.69, 9.17) is 0 Å². The fraction of sp³-hybridized carbons (Fsp3) is 0.118. The Morgan fingerprint density at radius 3 is 2.68 bits per heavy atom. The van der Waals surface area contributed by atoms with Crippen LogP contribution in [-0.4, -0.2) is 15.8 Å². The first kappa shape index (κ1) is 17.1. The second kappa shape index (κ2) is 7.02. The lowest BCUT2D eigenvalue weighted by Gasteiger charge is -2.07. The molecule has 1 N–H and O–H groups in total. The van der Waals surface area contributed by atoms with E-state index in [9.17, 15) is 18.0 Å². The van der Waals surface area contributed by atoms with E-state index in [-0.39, 0.29) is 10.4 Å². The van der Waals surface area contributed by atoms with E-state index in [2.05, 4.69) is 15.3 Å². The lowest BCUT2D eigenvalue weighted by atomic mass is 10.1. The first-order chi connectivity index (χ1) is 11.9.